The highest BCUT2D eigenvalue weighted by Gasteiger charge is 2.07. The summed E-state index contributed by atoms with van der Waals surface area (Å²) in [6.45, 7) is 4.09. The Morgan fingerprint density at radius 1 is 1.12 bits per heavy atom. The lowest BCUT2D eigenvalue weighted by atomic mass is 10.1. The van der Waals surface area contributed by atoms with E-state index in [-0.39, 0.29) is 5.91 Å². The van der Waals surface area contributed by atoms with Gasteiger partial charge in [0.1, 0.15) is 0 Å². The topological polar surface area (TPSA) is 41.5 Å². The maximum atomic E-state index is 12.1. The molecule has 1 N–H and O–H groups in total. The van der Waals surface area contributed by atoms with Gasteiger partial charge in [-0.2, -0.15) is 5.10 Å². The van der Waals surface area contributed by atoms with Crippen molar-refractivity contribution < 1.29 is 4.79 Å². The third-order valence-electron chi connectivity index (χ3n) is 4.03. The van der Waals surface area contributed by atoms with Crippen molar-refractivity contribution in [2.24, 2.45) is 5.10 Å². The number of halogens is 1. The van der Waals surface area contributed by atoms with Crippen molar-refractivity contribution in [2.75, 3.05) is 5.75 Å². The predicted molar refractivity (Wildman–Crippen MR) is 114 cm³/mol. The molecule has 5 heteroatoms. The second-order valence-corrected chi connectivity index (χ2v) is 7.89. The summed E-state index contributed by atoms with van der Waals surface area (Å²) >= 11 is 5.05. The van der Waals surface area contributed by atoms with Crippen molar-refractivity contribution in [3.05, 3.63) is 75.8 Å². The van der Waals surface area contributed by atoms with Crippen LogP contribution in [-0.2, 0) is 4.79 Å². The Morgan fingerprint density at radius 3 is 2.73 bits per heavy atom. The Kier molecular flexibility index (Phi) is 6.12. The zero-order valence-corrected chi connectivity index (χ0v) is 17.0. The molecule has 0 aliphatic carbocycles. The van der Waals surface area contributed by atoms with Gasteiger partial charge in [0.05, 0.1) is 12.0 Å². The number of hydrazone groups is 1. The number of thioether (sulfide) groups is 1. The number of hydrogen-bond acceptors (Lipinski definition) is 3. The molecule has 0 fully saturated rings. The minimum atomic E-state index is -0.119. The van der Waals surface area contributed by atoms with E-state index in [4.69, 9.17) is 0 Å². The monoisotopic (exact) mass is 426 g/mol. The number of fused-ring (bicyclic) bond motifs is 1. The number of hydrogen-bond donors (Lipinski definition) is 1. The Labute approximate surface area is 166 Å². The first-order valence-corrected chi connectivity index (χ1v) is 10.0. The highest BCUT2D eigenvalue weighted by molar-refractivity contribution is 9.10. The van der Waals surface area contributed by atoms with Crippen LogP contribution in [0.15, 0.2) is 69.1 Å². The molecule has 0 saturated carbocycles. The number of nitrogens with zero attached hydrogens (tertiary/aromatic N) is 1. The summed E-state index contributed by atoms with van der Waals surface area (Å²) in [6.07, 6.45) is 1.69. The zero-order valence-electron chi connectivity index (χ0n) is 14.6. The van der Waals surface area contributed by atoms with Crippen LogP contribution in [0, 0.1) is 13.8 Å². The molecule has 0 atom stereocenters. The van der Waals surface area contributed by atoms with Gasteiger partial charge in [-0.1, -0.05) is 58.4 Å². The van der Waals surface area contributed by atoms with E-state index in [0.717, 1.165) is 36.8 Å². The van der Waals surface area contributed by atoms with E-state index >= 15 is 0 Å². The standard InChI is InChI=1S/C21H19BrN2OS/c1-14-11-20(15(2)10-19(14)22)26-13-21(25)24-23-12-17-8-5-7-16-6-3-4-9-18(16)17/h3-12H,13H2,1-2H3,(H,24,25). The number of carbonyl (C=O) groups is 1. The van der Waals surface area contributed by atoms with Crippen LogP contribution in [0.3, 0.4) is 0 Å². The fourth-order valence-electron chi connectivity index (χ4n) is 2.62. The van der Waals surface area contributed by atoms with Gasteiger partial charge in [-0.05, 0) is 47.9 Å². The molecule has 3 rings (SSSR count). The molecular formula is C21H19BrN2OS. The SMILES string of the molecule is Cc1cc(SCC(=O)NN=Cc2cccc3ccccc23)c(C)cc1Br. The van der Waals surface area contributed by atoms with E-state index in [0.29, 0.717) is 5.75 Å². The first kappa shape index (κ1) is 18.7. The van der Waals surface area contributed by atoms with Crippen molar-refractivity contribution in [2.45, 2.75) is 18.7 Å². The molecule has 132 valence electrons. The van der Waals surface area contributed by atoms with Crippen LogP contribution in [0.5, 0.6) is 0 Å². The fourth-order valence-corrected chi connectivity index (χ4v) is 3.98. The van der Waals surface area contributed by atoms with Gasteiger partial charge in [-0.3, -0.25) is 4.79 Å². The van der Waals surface area contributed by atoms with Gasteiger partial charge in [0.2, 0.25) is 5.91 Å². The van der Waals surface area contributed by atoms with Crippen molar-refractivity contribution >= 4 is 50.6 Å². The smallest absolute Gasteiger partial charge is 0.250 e. The fraction of sp³-hybridized carbons (Fsp3) is 0.143. The minimum Gasteiger partial charge on any atom is -0.272 e. The first-order valence-electron chi connectivity index (χ1n) is 8.24. The maximum absolute atomic E-state index is 12.1. The van der Waals surface area contributed by atoms with E-state index in [1.165, 1.54) is 11.8 Å². The summed E-state index contributed by atoms with van der Waals surface area (Å²) in [5, 5.41) is 6.38. The molecule has 1 amide bonds. The molecule has 3 aromatic rings. The molecule has 0 saturated heterocycles. The minimum absolute atomic E-state index is 0.119. The summed E-state index contributed by atoms with van der Waals surface area (Å²) in [7, 11) is 0. The van der Waals surface area contributed by atoms with Crippen LogP contribution >= 0.6 is 27.7 Å². The van der Waals surface area contributed by atoms with E-state index in [1.807, 2.05) is 44.2 Å². The van der Waals surface area contributed by atoms with Crippen molar-refractivity contribution in [3.63, 3.8) is 0 Å². The third-order valence-corrected chi connectivity index (χ3v) is 6.04. The number of rotatable bonds is 5. The molecule has 0 aliphatic heterocycles. The Bertz CT molecular complexity index is 980. The number of carbonyl (C=O) groups excluding carboxylic acids is 1. The van der Waals surface area contributed by atoms with E-state index in [9.17, 15) is 4.79 Å². The van der Waals surface area contributed by atoms with Gasteiger partial charge in [-0.15, -0.1) is 11.8 Å². The number of amides is 1. The largest absolute Gasteiger partial charge is 0.272 e. The lowest BCUT2D eigenvalue weighted by Gasteiger charge is -2.08. The van der Waals surface area contributed by atoms with Crippen molar-refractivity contribution in [1.82, 2.24) is 5.43 Å². The van der Waals surface area contributed by atoms with Gasteiger partial charge in [0.15, 0.2) is 0 Å². The van der Waals surface area contributed by atoms with Crippen molar-refractivity contribution in [3.8, 4) is 0 Å². The van der Waals surface area contributed by atoms with E-state index in [2.05, 4.69) is 50.7 Å². The number of aryl methyl sites for hydroxylation is 2. The summed E-state index contributed by atoms with van der Waals surface area (Å²) in [5.74, 6) is 0.209. The second-order valence-electron chi connectivity index (χ2n) is 6.02. The van der Waals surface area contributed by atoms with Crippen LogP contribution in [0.25, 0.3) is 10.8 Å². The molecule has 0 aromatic heterocycles. The average molecular weight is 427 g/mol. The summed E-state index contributed by atoms with van der Waals surface area (Å²) in [4.78, 5) is 13.2. The van der Waals surface area contributed by atoms with Crippen LogP contribution in [0.1, 0.15) is 16.7 Å². The number of nitrogens with one attached hydrogen (secondary N) is 1. The quantitative estimate of drug-likeness (QED) is 0.334. The molecule has 0 unspecified atom stereocenters. The molecule has 0 bridgehead atoms. The van der Waals surface area contributed by atoms with Crippen LogP contribution in [0.4, 0.5) is 0 Å². The highest BCUT2D eigenvalue weighted by atomic mass is 79.9. The third kappa shape index (κ3) is 4.54. The van der Waals surface area contributed by atoms with Crippen LogP contribution in [0.2, 0.25) is 0 Å². The van der Waals surface area contributed by atoms with Crippen LogP contribution in [-0.4, -0.2) is 17.9 Å². The Balaban J connectivity index is 1.60. The molecule has 3 nitrogen and oxygen atoms in total. The van der Waals surface area contributed by atoms with Gasteiger partial charge >= 0.3 is 0 Å². The van der Waals surface area contributed by atoms with Gasteiger partial charge in [-0.25, -0.2) is 5.43 Å². The van der Waals surface area contributed by atoms with Gasteiger partial charge in [0.25, 0.3) is 0 Å². The van der Waals surface area contributed by atoms with Crippen LogP contribution < -0.4 is 5.43 Å². The second kappa shape index (κ2) is 8.52. The molecule has 3 aromatic carbocycles. The highest BCUT2D eigenvalue weighted by Crippen LogP contribution is 2.28. The molecule has 0 spiro atoms. The lowest BCUT2D eigenvalue weighted by molar-refractivity contribution is -0.118. The maximum Gasteiger partial charge on any atom is 0.250 e. The summed E-state index contributed by atoms with van der Waals surface area (Å²) in [6, 6.07) is 18.3. The van der Waals surface area contributed by atoms with E-state index in [1.54, 1.807) is 6.21 Å². The Morgan fingerprint density at radius 2 is 1.88 bits per heavy atom. The summed E-state index contributed by atoms with van der Waals surface area (Å²) in [5.41, 5.74) is 5.91. The summed E-state index contributed by atoms with van der Waals surface area (Å²) < 4.78 is 1.09. The Hall–Kier alpha value is -2.11. The lowest BCUT2D eigenvalue weighted by Crippen LogP contribution is -2.19. The molecule has 0 radical (unpaired) electrons. The van der Waals surface area contributed by atoms with Gasteiger partial charge < -0.3 is 0 Å². The van der Waals surface area contributed by atoms with Crippen molar-refractivity contribution in [1.29, 1.82) is 0 Å². The van der Waals surface area contributed by atoms with Gasteiger partial charge in [0, 0.05) is 14.9 Å². The normalized spacial score (nSPS) is 11.2. The molecule has 0 aliphatic rings. The molecular weight excluding hydrogens is 408 g/mol. The number of benzene rings is 3. The zero-order chi connectivity index (χ0) is 18.5. The molecule has 26 heavy (non-hydrogen) atoms. The first-order chi connectivity index (χ1) is 12.5. The molecule has 0 heterocycles. The predicted octanol–water partition coefficient (Wildman–Crippen LogP) is 5.46. The van der Waals surface area contributed by atoms with E-state index < -0.39 is 0 Å². The average Bonchev–Trinajstić information content (AvgIpc) is 2.64.